The van der Waals surface area contributed by atoms with Crippen molar-refractivity contribution in [2.24, 2.45) is 0 Å². The Morgan fingerprint density at radius 1 is 1.47 bits per heavy atom. The van der Waals surface area contributed by atoms with Gasteiger partial charge in [0.15, 0.2) is 10.8 Å². The first-order valence-corrected chi connectivity index (χ1v) is 7.02. The molecule has 0 unspecified atom stereocenters. The fourth-order valence-corrected chi connectivity index (χ4v) is 2.70. The van der Waals surface area contributed by atoms with E-state index < -0.39 is 0 Å². The SMILES string of the molecule is CCCN(C)c1nc2sccn2c1CNCC. The molecule has 2 aromatic heterocycles. The summed E-state index contributed by atoms with van der Waals surface area (Å²) >= 11 is 1.69. The van der Waals surface area contributed by atoms with Crippen molar-refractivity contribution < 1.29 is 0 Å². The molecule has 5 heteroatoms. The van der Waals surface area contributed by atoms with Crippen molar-refractivity contribution in [3.05, 3.63) is 17.3 Å². The number of hydrogen-bond donors (Lipinski definition) is 1. The zero-order valence-electron chi connectivity index (χ0n) is 10.7. The highest BCUT2D eigenvalue weighted by molar-refractivity contribution is 7.15. The molecule has 0 aromatic carbocycles. The summed E-state index contributed by atoms with van der Waals surface area (Å²) in [4.78, 5) is 8.03. The Hall–Kier alpha value is -1.07. The minimum atomic E-state index is 0.873. The van der Waals surface area contributed by atoms with E-state index in [0.717, 1.165) is 36.8 Å². The highest BCUT2D eigenvalue weighted by Crippen LogP contribution is 2.23. The monoisotopic (exact) mass is 252 g/mol. The van der Waals surface area contributed by atoms with Crippen molar-refractivity contribution in [2.45, 2.75) is 26.8 Å². The van der Waals surface area contributed by atoms with Crippen molar-refractivity contribution >= 4 is 22.1 Å². The van der Waals surface area contributed by atoms with Gasteiger partial charge in [0.2, 0.25) is 0 Å². The summed E-state index contributed by atoms with van der Waals surface area (Å²) in [7, 11) is 2.12. The van der Waals surface area contributed by atoms with Crippen molar-refractivity contribution in [1.29, 1.82) is 0 Å². The lowest BCUT2D eigenvalue weighted by molar-refractivity contribution is 0.701. The van der Waals surface area contributed by atoms with Crippen LogP contribution in [0.2, 0.25) is 0 Å². The Bertz CT molecular complexity index is 474. The molecule has 0 radical (unpaired) electrons. The molecule has 2 aromatic rings. The molecule has 0 atom stereocenters. The second kappa shape index (κ2) is 5.51. The van der Waals surface area contributed by atoms with Crippen LogP contribution in [0.25, 0.3) is 4.96 Å². The lowest BCUT2D eigenvalue weighted by Gasteiger charge is -2.17. The first-order valence-electron chi connectivity index (χ1n) is 6.14. The molecular weight excluding hydrogens is 232 g/mol. The molecule has 0 aliphatic heterocycles. The molecule has 1 N–H and O–H groups in total. The molecule has 0 bridgehead atoms. The molecule has 0 fully saturated rings. The lowest BCUT2D eigenvalue weighted by atomic mass is 10.3. The van der Waals surface area contributed by atoms with Crippen LogP contribution in [-0.4, -0.2) is 29.5 Å². The molecule has 4 nitrogen and oxygen atoms in total. The Kier molecular flexibility index (Phi) is 4.02. The van der Waals surface area contributed by atoms with E-state index in [2.05, 4.69) is 47.1 Å². The standard InChI is InChI=1S/C12H20N4S/c1-4-6-15(3)11-10(9-13-5-2)16-7-8-17-12(16)14-11/h7-8,13H,4-6,9H2,1-3H3. The number of anilines is 1. The first-order chi connectivity index (χ1) is 8.27. The van der Waals surface area contributed by atoms with E-state index in [-0.39, 0.29) is 0 Å². The number of imidazole rings is 1. The summed E-state index contributed by atoms with van der Waals surface area (Å²) in [6, 6.07) is 0. The van der Waals surface area contributed by atoms with Gasteiger partial charge in [0.05, 0.1) is 5.69 Å². The minimum absolute atomic E-state index is 0.873. The number of nitrogens with one attached hydrogen (secondary N) is 1. The second-order valence-corrected chi connectivity index (χ2v) is 5.01. The Labute approximate surface area is 106 Å². The summed E-state index contributed by atoms with van der Waals surface area (Å²) in [5, 5.41) is 5.47. The molecule has 2 rings (SSSR count). The first kappa shape index (κ1) is 12.4. The number of thiazole rings is 1. The minimum Gasteiger partial charge on any atom is -0.358 e. The molecule has 0 amide bonds. The van der Waals surface area contributed by atoms with Crippen molar-refractivity contribution in [2.75, 3.05) is 25.0 Å². The number of fused-ring (bicyclic) bond motifs is 1. The van der Waals surface area contributed by atoms with E-state index in [0.29, 0.717) is 0 Å². The summed E-state index contributed by atoms with van der Waals surface area (Å²) in [5.41, 5.74) is 1.26. The van der Waals surface area contributed by atoms with Gasteiger partial charge in [0.25, 0.3) is 0 Å². The van der Waals surface area contributed by atoms with Crippen LogP contribution in [0.15, 0.2) is 11.6 Å². The van der Waals surface area contributed by atoms with E-state index in [1.54, 1.807) is 11.3 Å². The van der Waals surface area contributed by atoms with Crippen LogP contribution >= 0.6 is 11.3 Å². The number of nitrogens with zero attached hydrogens (tertiary/aromatic N) is 3. The molecule has 0 spiro atoms. The normalized spacial score (nSPS) is 11.2. The molecule has 0 aliphatic rings. The number of aromatic nitrogens is 2. The van der Waals surface area contributed by atoms with Gasteiger partial charge in [-0.2, -0.15) is 0 Å². The zero-order chi connectivity index (χ0) is 12.3. The molecule has 94 valence electrons. The van der Waals surface area contributed by atoms with Crippen LogP contribution < -0.4 is 10.2 Å². The Morgan fingerprint density at radius 3 is 3.00 bits per heavy atom. The van der Waals surface area contributed by atoms with Crippen molar-refractivity contribution in [3.63, 3.8) is 0 Å². The van der Waals surface area contributed by atoms with Gasteiger partial charge >= 0.3 is 0 Å². The highest BCUT2D eigenvalue weighted by atomic mass is 32.1. The molecule has 0 aliphatic carbocycles. The summed E-state index contributed by atoms with van der Waals surface area (Å²) in [5.74, 6) is 1.11. The molecule has 0 saturated heterocycles. The third-order valence-corrected chi connectivity index (χ3v) is 3.56. The maximum Gasteiger partial charge on any atom is 0.195 e. The number of rotatable bonds is 6. The topological polar surface area (TPSA) is 32.6 Å². The van der Waals surface area contributed by atoms with Gasteiger partial charge in [0, 0.05) is 31.7 Å². The fourth-order valence-electron chi connectivity index (χ4n) is 1.98. The van der Waals surface area contributed by atoms with Crippen LogP contribution in [0.4, 0.5) is 5.82 Å². The largest absolute Gasteiger partial charge is 0.358 e. The second-order valence-electron chi connectivity index (χ2n) is 4.14. The van der Waals surface area contributed by atoms with Crippen LogP contribution in [0.5, 0.6) is 0 Å². The average Bonchev–Trinajstić information content (AvgIpc) is 2.87. The predicted octanol–water partition coefficient (Wildman–Crippen LogP) is 2.35. The summed E-state index contributed by atoms with van der Waals surface area (Å²) < 4.78 is 2.19. The van der Waals surface area contributed by atoms with Gasteiger partial charge in [-0.25, -0.2) is 4.98 Å². The van der Waals surface area contributed by atoms with E-state index in [1.807, 2.05) is 0 Å². The fraction of sp³-hybridized carbons (Fsp3) is 0.583. The third kappa shape index (κ3) is 2.45. The van der Waals surface area contributed by atoms with E-state index >= 15 is 0 Å². The van der Waals surface area contributed by atoms with E-state index in [9.17, 15) is 0 Å². The summed E-state index contributed by atoms with van der Waals surface area (Å²) in [6.07, 6.45) is 3.24. The molecule has 0 saturated carbocycles. The molecular formula is C12H20N4S. The Morgan fingerprint density at radius 2 is 2.29 bits per heavy atom. The maximum absolute atomic E-state index is 4.71. The van der Waals surface area contributed by atoms with Crippen molar-refractivity contribution in [3.8, 4) is 0 Å². The van der Waals surface area contributed by atoms with Crippen LogP contribution in [-0.2, 0) is 6.54 Å². The van der Waals surface area contributed by atoms with Gasteiger partial charge in [-0.15, -0.1) is 11.3 Å². The quantitative estimate of drug-likeness (QED) is 0.856. The molecule has 2 heterocycles. The van der Waals surface area contributed by atoms with Crippen LogP contribution in [0, 0.1) is 0 Å². The van der Waals surface area contributed by atoms with Gasteiger partial charge in [-0.05, 0) is 13.0 Å². The van der Waals surface area contributed by atoms with E-state index in [1.165, 1.54) is 5.69 Å². The third-order valence-electron chi connectivity index (χ3n) is 2.80. The maximum atomic E-state index is 4.71. The smallest absolute Gasteiger partial charge is 0.195 e. The molecule has 17 heavy (non-hydrogen) atoms. The zero-order valence-corrected chi connectivity index (χ0v) is 11.5. The van der Waals surface area contributed by atoms with E-state index in [4.69, 9.17) is 4.98 Å². The number of hydrogen-bond acceptors (Lipinski definition) is 4. The van der Waals surface area contributed by atoms with Crippen molar-refractivity contribution in [1.82, 2.24) is 14.7 Å². The summed E-state index contributed by atoms with van der Waals surface area (Å²) in [6.45, 7) is 7.22. The van der Waals surface area contributed by atoms with Gasteiger partial charge < -0.3 is 10.2 Å². The van der Waals surface area contributed by atoms with Gasteiger partial charge in [0.1, 0.15) is 0 Å². The predicted molar refractivity (Wildman–Crippen MR) is 74.0 cm³/mol. The average molecular weight is 252 g/mol. The van der Waals surface area contributed by atoms with Crippen LogP contribution in [0.3, 0.4) is 0 Å². The highest BCUT2D eigenvalue weighted by Gasteiger charge is 2.15. The lowest BCUT2D eigenvalue weighted by Crippen LogP contribution is -2.22. The Balaban J connectivity index is 2.34. The van der Waals surface area contributed by atoms with Gasteiger partial charge in [-0.3, -0.25) is 4.40 Å². The van der Waals surface area contributed by atoms with Crippen LogP contribution in [0.1, 0.15) is 26.0 Å². The van der Waals surface area contributed by atoms with Gasteiger partial charge in [-0.1, -0.05) is 13.8 Å².